The molecule has 0 unspecified atom stereocenters. The van der Waals surface area contributed by atoms with Gasteiger partial charge in [0.1, 0.15) is 5.39 Å². The second-order valence-corrected chi connectivity index (χ2v) is 9.51. The molecular formula is C25H28N8O. The van der Waals surface area contributed by atoms with E-state index >= 15 is 0 Å². The van der Waals surface area contributed by atoms with Crippen LogP contribution in [0.2, 0.25) is 0 Å². The molecule has 9 nitrogen and oxygen atoms in total. The van der Waals surface area contributed by atoms with Gasteiger partial charge in [-0.2, -0.15) is 10.4 Å². The molecule has 34 heavy (non-hydrogen) atoms. The number of rotatable bonds is 5. The number of nitrogens with one attached hydrogen (secondary N) is 2. The van der Waals surface area contributed by atoms with Crippen molar-refractivity contribution in [1.29, 1.82) is 5.26 Å². The quantitative estimate of drug-likeness (QED) is 0.459. The average Bonchev–Trinajstić information content (AvgIpc) is 3.49. The molecule has 1 saturated carbocycles. The van der Waals surface area contributed by atoms with Crippen LogP contribution in [0.1, 0.15) is 56.7 Å². The molecule has 0 spiro atoms. The molecule has 0 aliphatic heterocycles. The number of aryl methyl sites for hydroxylation is 1. The Hall–Kier alpha value is -3.93. The number of H-pyrrole nitrogens is 1. The maximum Gasteiger partial charge on any atom is 0.261 e. The van der Waals surface area contributed by atoms with Crippen LogP contribution in [0.3, 0.4) is 0 Å². The van der Waals surface area contributed by atoms with E-state index in [0.717, 1.165) is 48.0 Å². The molecule has 3 aromatic heterocycles. The average molecular weight is 457 g/mol. The van der Waals surface area contributed by atoms with Gasteiger partial charge >= 0.3 is 0 Å². The SMILES string of the molecule is Cc1cc(Nc2nn([C@H]3CCCC[C@@H]3C#N)c3cc[nH]c(=O)c23)ccc1C(C)(C)n1ccnn1. The maximum atomic E-state index is 12.8. The third-order valence-corrected chi connectivity index (χ3v) is 6.98. The number of nitrogens with zero attached hydrogens (tertiary/aromatic N) is 6. The molecule has 5 rings (SSSR count). The van der Waals surface area contributed by atoms with Crippen molar-refractivity contribution in [2.45, 2.75) is 58.0 Å². The van der Waals surface area contributed by atoms with Crippen molar-refractivity contribution in [2.75, 3.05) is 5.32 Å². The van der Waals surface area contributed by atoms with Gasteiger partial charge in [0.05, 0.1) is 35.3 Å². The number of pyridine rings is 1. The summed E-state index contributed by atoms with van der Waals surface area (Å²) in [6.45, 7) is 6.26. The molecule has 1 aliphatic rings. The van der Waals surface area contributed by atoms with Crippen molar-refractivity contribution < 1.29 is 0 Å². The fourth-order valence-electron chi connectivity index (χ4n) is 5.19. The van der Waals surface area contributed by atoms with Crippen molar-refractivity contribution in [3.8, 4) is 6.07 Å². The first-order chi connectivity index (χ1) is 16.4. The van der Waals surface area contributed by atoms with E-state index < -0.39 is 0 Å². The number of hydrogen-bond acceptors (Lipinski definition) is 6. The lowest BCUT2D eigenvalue weighted by atomic mass is 9.85. The lowest BCUT2D eigenvalue weighted by Crippen LogP contribution is -2.29. The number of aromatic amines is 1. The Balaban J connectivity index is 1.53. The number of anilines is 2. The highest BCUT2D eigenvalue weighted by Gasteiger charge is 2.30. The van der Waals surface area contributed by atoms with Gasteiger partial charge in [-0.25, -0.2) is 4.68 Å². The predicted molar refractivity (Wildman–Crippen MR) is 130 cm³/mol. The van der Waals surface area contributed by atoms with Crippen LogP contribution in [-0.4, -0.2) is 29.8 Å². The fraction of sp³-hybridized carbons (Fsp3) is 0.400. The number of fused-ring (bicyclic) bond motifs is 1. The molecule has 2 N–H and O–H groups in total. The van der Waals surface area contributed by atoms with Gasteiger partial charge in [-0.15, -0.1) is 5.10 Å². The van der Waals surface area contributed by atoms with Gasteiger partial charge in [-0.05, 0) is 62.9 Å². The largest absolute Gasteiger partial charge is 0.338 e. The summed E-state index contributed by atoms with van der Waals surface area (Å²) in [5.41, 5.74) is 3.23. The van der Waals surface area contributed by atoms with E-state index in [4.69, 9.17) is 5.10 Å². The van der Waals surface area contributed by atoms with E-state index in [1.807, 2.05) is 27.7 Å². The summed E-state index contributed by atoms with van der Waals surface area (Å²) in [5, 5.41) is 26.5. The smallest absolute Gasteiger partial charge is 0.261 e. The van der Waals surface area contributed by atoms with Crippen LogP contribution in [-0.2, 0) is 5.54 Å². The number of aromatic nitrogens is 6. The molecule has 2 atom stereocenters. The minimum absolute atomic E-state index is 0.0359. The Kier molecular flexibility index (Phi) is 5.44. The van der Waals surface area contributed by atoms with Gasteiger partial charge in [0.15, 0.2) is 5.82 Å². The van der Waals surface area contributed by atoms with E-state index in [2.05, 4.69) is 59.6 Å². The van der Waals surface area contributed by atoms with Crippen LogP contribution in [0.15, 0.2) is 47.7 Å². The molecular weight excluding hydrogens is 428 g/mol. The van der Waals surface area contributed by atoms with Crippen molar-refractivity contribution in [3.05, 3.63) is 64.3 Å². The van der Waals surface area contributed by atoms with E-state index in [0.29, 0.717) is 11.2 Å². The van der Waals surface area contributed by atoms with Gasteiger partial charge in [-0.1, -0.05) is 24.1 Å². The van der Waals surface area contributed by atoms with Gasteiger partial charge in [-0.3, -0.25) is 9.48 Å². The topological polar surface area (TPSA) is 117 Å². The standard InChI is InChI=1S/C25H28N8O/c1-16-14-18(8-9-19(16)25(2,3)32-13-12-28-31-32)29-23-22-21(10-11-27-24(22)34)33(30-23)20-7-5-4-6-17(20)15-26/h8-14,17,20H,4-7H2,1-3H3,(H,27,34)(H,29,30)/t17-,20+/m1/s1. The summed E-state index contributed by atoms with van der Waals surface area (Å²) in [7, 11) is 0. The van der Waals surface area contributed by atoms with Gasteiger partial charge < -0.3 is 10.3 Å². The van der Waals surface area contributed by atoms with E-state index in [-0.39, 0.29) is 23.1 Å². The molecule has 0 bridgehead atoms. The molecule has 3 heterocycles. The van der Waals surface area contributed by atoms with Crippen LogP contribution in [0.25, 0.3) is 10.9 Å². The second kappa shape index (κ2) is 8.45. The van der Waals surface area contributed by atoms with Crippen molar-refractivity contribution in [3.63, 3.8) is 0 Å². The predicted octanol–water partition coefficient (Wildman–Crippen LogP) is 4.41. The summed E-state index contributed by atoms with van der Waals surface area (Å²) in [6.07, 6.45) is 9.02. The van der Waals surface area contributed by atoms with Crippen molar-refractivity contribution in [2.24, 2.45) is 5.92 Å². The molecule has 1 fully saturated rings. The summed E-state index contributed by atoms with van der Waals surface area (Å²) in [6, 6.07) is 10.4. The Bertz CT molecular complexity index is 1420. The zero-order valence-electron chi connectivity index (χ0n) is 19.6. The number of nitriles is 1. The van der Waals surface area contributed by atoms with Crippen molar-refractivity contribution in [1.82, 2.24) is 29.8 Å². The lowest BCUT2D eigenvalue weighted by Gasteiger charge is -2.27. The van der Waals surface area contributed by atoms with Crippen LogP contribution < -0.4 is 10.9 Å². The first-order valence-electron chi connectivity index (χ1n) is 11.6. The minimum atomic E-state index is -0.363. The van der Waals surface area contributed by atoms with Gasteiger partial charge in [0.2, 0.25) is 0 Å². The van der Waals surface area contributed by atoms with E-state index in [1.54, 1.807) is 12.4 Å². The third-order valence-electron chi connectivity index (χ3n) is 6.98. The lowest BCUT2D eigenvalue weighted by molar-refractivity contribution is 0.277. The minimum Gasteiger partial charge on any atom is -0.338 e. The molecule has 1 aliphatic carbocycles. The first kappa shape index (κ1) is 21.9. The summed E-state index contributed by atoms with van der Waals surface area (Å²) < 4.78 is 3.72. The Morgan fingerprint density at radius 1 is 1.24 bits per heavy atom. The summed E-state index contributed by atoms with van der Waals surface area (Å²) >= 11 is 0. The molecule has 9 heteroatoms. The van der Waals surface area contributed by atoms with Gasteiger partial charge in [0, 0.05) is 18.1 Å². The Morgan fingerprint density at radius 3 is 2.79 bits per heavy atom. The molecule has 0 radical (unpaired) electrons. The molecule has 0 amide bonds. The zero-order valence-corrected chi connectivity index (χ0v) is 19.6. The normalized spacial score (nSPS) is 18.6. The molecule has 174 valence electrons. The van der Waals surface area contributed by atoms with Crippen molar-refractivity contribution >= 4 is 22.4 Å². The second-order valence-electron chi connectivity index (χ2n) is 9.51. The van der Waals surface area contributed by atoms with E-state index in [1.165, 1.54) is 0 Å². The van der Waals surface area contributed by atoms with Crippen LogP contribution in [0.4, 0.5) is 11.5 Å². The summed E-state index contributed by atoms with van der Waals surface area (Å²) in [5.74, 6) is 0.395. The highest BCUT2D eigenvalue weighted by molar-refractivity contribution is 5.91. The van der Waals surface area contributed by atoms with Crippen LogP contribution in [0, 0.1) is 24.2 Å². The van der Waals surface area contributed by atoms with E-state index in [9.17, 15) is 10.1 Å². The summed E-state index contributed by atoms with van der Waals surface area (Å²) in [4.78, 5) is 15.6. The molecule has 1 aromatic carbocycles. The highest BCUT2D eigenvalue weighted by Crippen LogP contribution is 2.37. The highest BCUT2D eigenvalue weighted by atomic mass is 16.1. The van der Waals surface area contributed by atoms with Crippen LogP contribution >= 0.6 is 0 Å². The fourth-order valence-corrected chi connectivity index (χ4v) is 5.19. The third kappa shape index (κ3) is 3.65. The number of benzene rings is 1. The van der Waals surface area contributed by atoms with Gasteiger partial charge in [0.25, 0.3) is 5.56 Å². The zero-order chi connectivity index (χ0) is 23.9. The Labute approximate surface area is 197 Å². The monoisotopic (exact) mass is 456 g/mol. The first-order valence-corrected chi connectivity index (χ1v) is 11.6. The molecule has 4 aromatic rings. The Morgan fingerprint density at radius 2 is 2.06 bits per heavy atom. The molecule has 0 saturated heterocycles. The van der Waals surface area contributed by atoms with Crippen LogP contribution in [0.5, 0.6) is 0 Å². The number of hydrogen-bond donors (Lipinski definition) is 2. The maximum absolute atomic E-state index is 12.8.